The summed E-state index contributed by atoms with van der Waals surface area (Å²) >= 11 is 6.26. The van der Waals surface area contributed by atoms with Crippen molar-refractivity contribution in [2.24, 2.45) is 0 Å². The van der Waals surface area contributed by atoms with Gasteiger partial charge in [-0.1, -0.05) is 54.1 Å². The van der Waals surface area contributed by atoms with Crippen LogP contribution in [-0.2, 0) is 13.2 Å². The first-order chi connectivity index (χ1) is 15.2. The molecule has 0 aliphatic carbocycles. The fourth-order valence-corrected chi connectivity index (χ4v) is 3.69. The van der Waals surface area contributed by atoms with Gasteiger partial charge in [-0.3, -0.25) is 9.69 Å². The van der Waals surface area contributed by atoms with Crippen LogP contribution in [0.3, 0.4) is 0 Å². The van der Waals surface area contributed by atoms with Crippen LogP contribution in [0.4, 0.5) is 5.69 Å². The lowest BCUT2D eigenvalue weighted by Crippen LogP contribution is -2.42. The molecule has 0 bridgehead atoms. The number of nitrogens with zero attached hydrogens (tertiary/aromatic N) is 1. The number of piperazine rings is 1. The fraction of sp³-hybridized carbons (Fsp3) is 0.240. The molecule has 1 aliphatic heterocycles. The number of hydrogen-bond donors (Lipinski definition) is 2. The molecule has 2 N–H and O–H groups in total. The van der Waals surface area contributed by atoms with Crippen molar-refractivity contribution in [2.45, 2.75) is 13.2 Å². The zero-order valence-electron chi connectivity index (χ0n) is 17.3. The Morgan fingerprint density at radius 1 is 0.968 bits per heavy atom. The van der Waals surface area contributed by atoms with Crippen LogP contribution < -0.4 is 15.4 Å². The molecular weight excluding hydrogens is 410 g/mol. The number of amides is 1. The number of anilines is 1. The number of benzene rings is 3. The van der Waals surface area contributed by atoms with E-state index in [2.05, 4.69) is 27.7 Å². The van der Waals surface area contributed by atoms with Gasteiger partial charge in [0, 0.05) is 44.0 Å². The van der Waals surface area contributed by atoms with Gasteiger partial charge < -0.3 is 15.4 Å². The van der Waals surface area contributed by atoms with Crippen molar-refractivity contribution in [3.8, 4) is 5.75 Å². The molecule has 0 atom stereocenters. The highest BCUT2D eigenvalue weighted by Crippen LogP contribution is 2.27. The molecule has 1 saturated heterocycles. The van der Waals surface area contributed by atoms with Crippen LogP contribution in [-0.4, -0.2) is 37.0 Å². The number of nitrogens with one attached hydrogen (secondary N) is 2. The Kier molecular flexibility index (Phi) is 7.20. The lowest BCUT2D eigenvalue weighted by atomic mass is 10.1. The maximum absolute atomic E-state index is 12.7. The van der Waals surface area contributed by atoms with E-state index in [9.17, 15) is 4.79 Å². The molecule has 4 rings (SSSR count). The predicted molar refractivity (Wildman–Crippen MR) is 125 cm³/mol. The van der Waals surface area contributed by atoms with Crippen LogP contribution in [0.25, 0.3) is 0 Å². The van der Waals surface area contributed by atoms with Crippen molar-refractivity contribution >= 4 is 23.2 Å². The summed E-state index contributed by atoms with van der Waals surface area (Å²) in [5.74, 6) is 0.292. The first-order valence-corrected chi connectivity index (χ1v) is 10.8. The Balaban J connectivity index is 1.36. The summed E-state index contributed by atoms with van der Waals surface area (Å²) in [5, 5.41) is 6.79. The Hall–Kier alpha value is -2.86. The second kappa shape index (κ2) is 10.4. The molecule has 0 unspecified atom stereocenters. The van der Waals surface area contributed by atoms with Gasteiger partial charge in [-0.15, -0.1) is 0 Å². The van der Waals surface area contributed by atoms with E-state index in [1.807, 2.05) is 42.5 Å². The van der Waals surface area contributed by atoms with E-state index in [0.29, 0.717) is 22.9 Å². The zero-order chi connectivity index (χ0) is 21.5. The molecule has 31 heavy (non-hydrogen) atoms. The van der Waals surface area contributed by atoms with Crippen LogP contribution in [0.2, 0.25) is 5.02 Å². The lowest BCUT2D eigenvalue weighted by molar-refractivity contribution is 0.102. The molecule has 160 valence electrons. The first-order valence-electron chi connectivity index (χ1n) is 10.5. The van der Waals surface area contributed by atoms with Crippen LogP contribution >= 0.6 is 11.6 Å². The van der Waals surface area contributed by atoms with Gasteiger partial charge in [0.2, 0.25) is 0 Å². The highest BCUT2D eigenvalue weighted by Gasteiger charge is 2.12. The molecule has 1 aliphatic rings. The summed E-state index contributed by atoms with van der Waals surface area (Å²) in [6.45, 7) is 5.50. The Bertz CT molecular complexity index is 1000. The van der Waals surface area contributed by atoms with E-state index in [4.69, 9.17) is 16.3 Å². The highest BCUT2D eigenvalue weighted by molar-refractivity contribution is 6.32. The van der Waals surface area contributed by atoms with Gasteiger partial charge >= 0.3 is 0 Å². The van der Waals surface area contributed by atoms with Gasteiger partial charge in [-0.05, 0) is 41.5 Å². The largest absolute Gasteiger partial charge is 0.487 e. The number of ether oxygens (including phenoxy) is 1. The summed E-state index contributed by atoms with van der Waals surface area (Å²) in [6, 6.07) is 22.9. The first kappa shape index (κ1) is 21.4. The second-order valence-corrected chi connectivity index (χ2v) is 8.00. The summed E-state index contributed by atoms with van der Waals surface area (Å²) in [5.41, 5.74) is 3.53. The van der Waals surface area contributed by atoms with Crippen molar-refractivity contribution in [2.75, 3.05) is 31.5 Å². The molecule has 1 amide bonds. The topological polar surface area (TPSA) is 53.6 Å². The molecule has 0 saturated carbocycles. The van der Waals surface area contributed by atoms with Crippen molar-refractivity contribution < 1.29 is 9.53 Å². The van der Waals surface area contributed by atoms with Gasteiger partial charge in [-0.25, -0.2) is 0 Å². The summed E-state index contributed by atoms with van der Waals surface area (Å²) in [7, 11) is 0. The molecule has 0 spiro atoms. The normalized spacial score (nSPS) is 14.2. The predicted octanol–water partition coefficient (Wildman–Crippen LogP) is 4.58. The minimum Gasteiger partial charge on any atom is -0.487 e. The minimum absolute atomic E-state index is 0.198. The second-order valence-electron chi connectivity index (χ2n) is 7.60. The Labute approximate surface area is 188 Å². The average Bonchev–Trinajstić information content (AvgIpc) is 2.81. The van der Waals surface area contributed by atoms with Crippen LogP contribution in [0.15, 0.2) is 72.8 Å². The van der Waals surface area contributed by atoms with Crippen molar-refractivity contribution in [1.82, 2.24) is 10.2 Å². The minimum atomic E-state index is -0.198. The fourth-order valence-electron chi connectivity index (χ4n) is 3.51. The van der Waals surface area contributed by atoms with E-state index >= 15 is 0 Å². The lowest BCUT2D eigenvalue weighted by Gasteiger charge is -2.27. The third-order valence-corrected chi connectivity index (χ3v) is 5.57. The van der Waals surface area contributed by atoms with E-state index in [0.717, 1.165) is 44.0 Å². The Morgan fingerprint density at radius 2 is 1.71 bits per heavy atom. The monoisotopic (exact) mass is 435 g/mol. The van der Waals surface area contributed by atoms with Crippen molar-refractivity contribution in [3.05, 3.63) is 94.5 Å². The van der Waals surface area contributed by atoms with Crippen LogP contribution in [0.5, 0.6) is 5.75 Å². The third-order valence-electron chi connectivity index (χ3n) is 5.26. The molecule has 6 heteroatoms. The maximum Gasteiger partial charge on any atom is 0.255 e. The average molecular weight is 436 g/mol. The molecule has 3 aromatic rings. The van der Waals surface area contributed by atoms with E-state index < -0.39 is 0 Å². The van der Waals surface area contributed by atoms with Gasteiger partial charge in [0.05, 0.1) is 5.02 Å². The van der Waals surface area contributed by atoms with Crippen molar-refractivity contribution in [3.63, 3.8) is 0 Å². The number of hydrogen-bond acceptors (Lipinski definition) is 4. The summed E-state index contributed by atoms with van der Waals surface area (Å²) in [6.07, 6.45) is 0. The van der Waals surface area contributed by atoms with Gasteiger partial charge in [0.1, 0.15) is 12.4 Å². The van der Waals surface area contributed by atoms with Crippen LogP contribution in [0.1, 0.15) is 21.5 Å². The molecule has 1 fully saturated rings. The molecule has 0 aromatic heterocycles. The van der Waals surface area contributed by atoms with Crippen molar-refractivity contribution in [1.29, 1.82) is 0 Å². The maximum atomic E-state index is 12.7. The number of carbonyl (C=O) groups excluding carboxylic acids is 1. The number of carbonyl (C=O) groups is 1. The van der Waals surface area contributed by atoms with Gasteiger partial charge in [-0.2, -0.15) is 0 Å². The number of halogens is 1. The molecule has 0 radical (unpaired) electrons. The molecular formula is C25H26ClN3O2. The highest BCUT2D eigenvalue weighted by atomic mass is 35.5. The molecule has 3 aromatic carbocycles. The zero-order valence-corrected chi connectivity index (χ0v) is 18.1. The smallest absolute Gasteiger partial charge is 0.255 e. The summed E-state index contributed by atoms with van der Waals surface area (Å²) in [4.78, 5) is 15.2. The van der Waals surface area contributed by atoms with Crippen LogP contribution in [0, 0.1) is 0 Å². The summed E-state index contributed by atoms with van der Waals surface area (Å²) < 4.78 is 5.83. The van der Waals surface area contributed by atoms with Gasteiger partial charge in [0.25, 0.3) is 5.91 Å². The third kappa shape index (κ3) is 6.07. The Morgan fingerprint density at radius 3 is 2.45 bits per heavy atom. The number of rotatable bonds is 7. The standard InChI is InChI=1S/C25H26ClN3O2/c26-23-11-8-21(16-24(23)31-18-20-4-2-1-3-5-20)25(30)28-22-9-6-19(7-10-22)17-29-14-12-27-13-15-29/h1-11,16,27H,12-15,17-18H2,(H,28,30). The van der Waals surface area contributed by atoms with E-state index in [1.54, 1.807) is 18.2 Å². The quantitative estimate of drug-likeness (QED) is 0.570. The SMILES string of the molecule is O=C(Nc1ccc(CN2CCNCC2)cc1)c1ccc(Cl)c(OCc2ccccc2)c1. The van der Waals surface area contributed by atoms with E-state index in [-0.39, 0.29) is 5.91 Å². The van der Waals surface area contributed by atoms with Gasteiger partial charge in [0.15, 0.2) is 0 Å². The van der Waals surface area contributed by atoms with E-state index in [1.165, 1.54) is 5.56 Å². The molecule has 5 nitrogen and oxygen atoms in total. The molecule has 1 heterocycles.